The molecule has 1 N–H and O–H groups in total. The minimum absolute atomic E-state index is 0.267. The van der Waals surface area contributed by atoms with Gasteiger partial charge in [0.15, 0.2) is 0 Å². The van der Waals surface area contributed by atoms with Gasteiger partial charge in [-0.3, -0.25) is 4.79 Å². The smallest absolute Gasteiger partial charge is 0.260 e. The molecular weight excluding hydrogens is 407 g/mol. The molecule has 7 heteroatoms. The maximum atomic E-state index is 12.9. The van der Waals surface area contributed by atoms with Gasteiger partial charge in [-0.2, -0.15) is 5.10 Å². The van der Waals surface area contributed by atoms with Gasteiger partial charge in [0.2, 0.25) is 0 Å². The molecule has 4 rings (SSSR count). The van der Waals surface area contributed by atoms with Crippen molar-refractivity contribution in [3.8, 4) is 0 Å². The molecule has 0 radical (unpaired) electrons. The zero-order valence-electron chi connectivity index (χ0n) is 16.2. The molecule has 0 atom stereocenters. The molecule has 1 aromatic heterocycles. The van der Waals surface area contributed by atoms with Crippen LogP contribution in [0.1, 0.15) is 34.5 Å². The molecule has 0 spiro atoms. The monoisotopic (exact) mass is 428 g/mol. The molecule has 2 aromatic carbocycles. The average molecular weight is 429 g/mol. The predicted molar refractivity (Wildman–Crippen MR) is 118 cm³/mol. The van der Waals surface area contributed by atoms with Gasteiger partial charge in [0, 0.05) is 29.5 Å². The number of halogens is 2. The quantitative estimate of drug-likeness (QED) is 0.591. The molecule has 1 aliphatic rings. The first-order valence-electron chi connectivity index (χ1n) is 9.65. The van der Waals surface area contributed by atoms with Gasteiger partial charge in [0.1, 0.15) is 5.15 Å². The number of hydrogen-bond acceptors (Lipinski definition) is 3. The molecule has 1 fully saturated rings. The van der Waals surface area contributed by atoms with E-state index in [1.165, 1.54) is 12.8 Å². The normalized spacial score (nSPS) is 13.7. The minimum atomic E-state index is -0.267. The molecule has 0 bridgehead atoms. The second-order valence-corrected chi connectivity index (χ2v) is 7.96. The third kappa shape index (κ3) is 4.26. The molecule has 29 heavy (non-hydrogen) atoms. The third-order valence-corrected chi connectivity index (χ3v) is 5.90. The Bertz CT molecular complexity index is 1040. The Morgan fingerprint density at radius 3 is 2.62 bits per heavy atom. The molecule has 3 aromatic rings. The number of amides is 1. The van der Waals surface area contributed by atoms with E-state index in [2.05, 4.69) is 21.4 Å². The van der Waals surface area contributed by atoms with Gasteiger partial charge in [-0.15, -0.1) is 0 Å². The van der Waals surface area contributed by atoms with Crippen LogP contribution in [-0.2, 0) is 6.54 Å². The summed E-state index contributed by atoms with van der Waals surface area (Å²) in [6.07, 6.45) is 2.41. The van der Waals surface area contributed by atoms with E-state index in [1.54, 1.807) is 11.6 Å². The Balaban J connectivity index is 1.54. The number of nitrogens with one attached hydrogen (secondary N) is 1. The SMILES string of the molecule is Cc1nn(Cc2ccccc2Cl)c(Cl)c1C(=O)Nc1cccc(N2CCCC2)c1. The van der Waals surface area contributed by atoms with Gasteiger partial charge < -0.3 is 10.2 Å². The highest BCUT2D eigenvalue weighted by atomic mass is 35.5. The highest BCUT2D eigenvalue weighted by Crippen LogP contribution is 2.26. The van der Waals surface area contributed by atoms with Crippen molar-refractivity contribution in [2.75, 3.05) is 23.3 Å². The Hall–Kier alpha value is -2.50. The summed E-state index contributed by atoms with van der Waals surface area (Å²) in [5, 5.41) is 8.35. The van der Waals surface area contributed by atoms with Gasteiger partial charge in [0.05, 0.1) is 17.8 Å². The molecular formula is C22H22Cl2N4O. The van der Waals surface area contributed by atoms with Crippen LogP contribution in [0, 0.1) is 6.92 Å². The Morgan fingerprint density at radius 1 is 1.10 bits per heavy atom. The van der Waals surface area contributed by atoms with E-state index in [-0.39, 0.29) is 5.91 Å². The number of benzene rings is 2. The highest BCUT2D eigenvalue weighted by molar-refractivity contribution is 6.34. The summed E-state index contributed by atoms with van der Waals surface area (Å²) in [4.78, 5) is 15.3. The number of hydrogen-bond donors (Lipinski definition) is 1. The number of carbonyl (C=O) groups is 1. The summed E-state index contributed by atoms with van der Waals surface area (Å²) in [6, 6.07) is 15.4. The zero-order valence-corrected chi connectivity index (χ0v) is 17.7. The van der Waals surface area contributed by atoms with E-state index in [4.69, 9.17) is 23.2 Å². The third-order valence-electron chi connectivity index (χ3n) is 5.15. The zero-order chi connectivity index (χ0) is 20.4. The van der Waals surface area contributed by atoms with Crippen molar-refractivity contribution in [2.24, 2.45) is 0 Å². The fourth-order valence-corrected chi connectivity index (χ4v) is 4.17. The van der Waals surface area contributed by atoms with Gasteiger partial charge >= 0.3 is 0 Å². The second-order valence-electron chi connectivity index (χ2n) is 7.20. The Labute approximate surface area is 180 Å². The van der Waals surface area contributed by atoms with Crippen LogP contribution in [0.25, 0.3) is 0 Å². The minimum Gasteiger partial charge on any atom is -0.371 e. The van der Waals surface area contributed by atoms with Gasteiger partial charge in [-0.1, -0.05) is 47.5 Å². The van der Waals surface area contributed by atoms with Crippen molar-refractivity contribution in [1.82, 2.24) is 9.78 Å². The van der Waals surface area contributed by atoms with Gasteiger partial charge in [-0.05, 0) is 49.6 Å². The largest absolute Gasteiger partial charge is 0.371 e. The van der Waals surface area contributed by atoms with E-state index in [9.17, 15) is 4.79 Å². The van der Waals surface area contributed by atoms with E-state index in [1.807, 2.05) is 42.5 Å². The summed E-state index contributed by atoms with van der Waals surface area (Å²) < 4.78 is 1.60. The number of aryl methyl sites for hydroxylation is 1. The van der Waals surface area contributed by atoms with Crippen molar-refractivity contribution in [2.45, 2.75) is 26.3 Å². The van der Waals surface area contributed by atoms with E-state index < -0.39 is 0 Å². The molecule has 2 heterocycles. The first-order valence-corrected chi connectivity index (χ1v) is 10.4. The molecule has 150 valence electrons. The maximum absolute atomic E-state index is 12.9. The lowest BCUT2D eigenvalue weighted by atomic mass is 10.2. The summed E-state index contributed by atoms with van der Waals surface area (Å²) in [6.45, 7) is 4.29. The summed E-state index contributed by atoms with van der Waals surface area (Å²) in [5.74, 6) is -0.267. The summed E-state index contributed by atoms with van der Waals surface area (Å²) >= 11 is 12.8. The molecule has 0 aliphatic carbocycles. The van der Waals surface area contributed by atoms with E-state index in [0.29, 0.717) is 28.0 Å². The lowest BCUT2D eigenvalue weighted by molar-refractivity contribution is 0.102. The fourth-order valence-electron chi connectivity index (χ4n) is 3.65. The first kappa shape index (κ1) is 19.8. The van der Waals surface area contributed by atoms with Crippen LogP contribution in [0.2, 0.25) is 10.2 Å². The Morgan fingerprint density at radius 2 is 1.86 bits per heavy atom. The number of anilines is 2. The Kier molecular flexibility index (Phi) is 5.79. The van der Waals surface area contributed by atoms with Gasteiger partial charge in [-0.25, -0.2) is 4.68 Å². The maximum Gasteiger partial charge on any atom is 0.260 e. The first-order chi connectivity index (χ1) is 14.0. The summed E-state index contributed by atoms with van der Waals surface area (Å²) in [5.41, 5.74) is 3.72. The van der Waals surface area contributed by atoms with Crippen LogP contribution in [0.15, 0.2) is 48.5 Å². The molecule has 1 amide bonds. The van der Waals surface area contributed by atoms with Crippen LogP contribution in [0.4, 0.5) is 11.4 Å². The number of aromatic nitrogens is 2. The van der Waals surface area contributed by atoms with Gasteiger partial charge in [0.25, 0.3) is 5.91 Å². The highest BCUT2D eigenvalue weighted by Gasteiger charge is 2.21. The predicted octanol–water partition coefficient (Wildman–Crippen LogP) is 5.40. The lowest BCUT2D eigenvalue weighted by Gasteiger charge is -2.18. The van der Waals surface area contributed by atoms with Crippen molar-refractivity contribution < 1.29 is 4.79 Å². The molecule has 1 aliphatic heterocycles. The van der Waals surface area contributed by atoms with Crippen molar-refractivity contribution in [1.29, 1.82) is 0 Å². The van der Waals surface area contributed by atoms with E-state index >= 15 is 0 Å². The lowest BCUT2D eigenvalue weighted by Crippen LogP contribution is -2.18. The van der Waals surface area contributed by atoms with Crippen LogP contribution in [0.5, 0.6) is 0 Å². The molecule has 1 saturated heterocycles. The molecule has 0 saturated carbocycles. The van der Waals surface area contributed by atoms with Crippen LogP contribution in [-0.4, -0.2) is 28.8 Å². The molecule has 5 nitrogen and oxygen atoms in total. The number of carbonyl (C=O) groups excluding carboxylic acids is 1. The fraction of sp³-hybridized carbons (Fsp3) is 0.273. The summed E-state index contributed by atoms with van der Waals surface area (Å²) in [7, 11) is 0. The van der Waals surface area contributed by atoms with E-state index in [0.717, 1.165) is 30.0 Å². The van der Waals surface area contributed by atoms with Crippen molar-refractivity contribution >= 4 is 40.5 Å². The van der Waals surface area contributed by atoms with Crippen LogP contribution < -0.4 is 10.2 Å². The van der Waals surface area contributed by atoms with Crippen LogP contribution in [0.3, 0.4) is 0 Å². The topological polar surface area (TPSA) is 50.2 Å². The van der Waals surface area contributed by atoms with Crippen LogP contribution >= 0.6 is 23.2 Å². The average Bonchev–Trinajstić information content (AvgIpc) is 3.32. The van der Waals surface area contributed by atoms with Crippen molar-refractivity contribution in [3.05, 3.63) is 75.5 Å². The second kappa shape index (κ2) is 8.47. The number of nitrogens with zero attached hydrogens (tertiary/aromatic N) is 3. The standard InChI is InChI=1S/C22H22Cl2N4O/c1-15-20(21(24)28(26-15)14-16-7-2-3-10-19(16)23)22(29)25-17-8-6-9-18(13-17)27-11-4-5-12-27/h2-3,6-10,13H,4-5,11-12,14H2,1H3,(H,25,29). The van der Waals surface area contributed by atoms with Crippen molar-refractivity contribution in [3.63, 3.8) is 0 Å². The molecule has 0 unspecified atom stereocenters. The number of rotatable bonds is 5.